The van der Waals surface area contributed by atoms with Gasteiger partial charge in [0.1, 0.15) is 10.6 Å². The number of aliphatic carboxylic acids is 1. The Labute approximate surface area is 265 Å². The number of anilines is 2. The number of rotatable bonds is 12. The van der Waals surface area contributed by atoms with Gasteiger partial charge in [-0.05, 0) is 61.5 Å². The number of thiophene rings is 1. The highest BCUT2D eigenvalue weighted by molar-refractivity contribution is 7.12. The lowest BCUT2D eigenvalue weighted by molar-refractivity contribution is -0.138. The predicted molar refractivity (Wildman–Crippen MR) is 170 cm³/mol. The summed E-state index contributed by atoms with van der Waals surface area (Å²) in [6.45, 7) is 2.16. The normalized spacial score (nSPS) is 14.5. The number of nitrogens with zero attached hydrogens (tertiary/aromatic N) is 4. The SMILES string of the molecule is CN(CCN(C)C(=O)CCc1cc(Cl)c(Oc2ccsc2C(=O)N2CCN(C3CC3)c3ccccc32)cc1Cl)CC(=O)O. The van der Waals surface area contributed by atoms with Crippen LogP contribution in [-0.4, -0.2) is 85.6 Å². The molecule has 2 amide bonds. The molecule has 1 fully saturated rings. The van der Waals surface area contributed by atoms with Gasteiger partial charge in [-0.25, -0.2) is 0 Å². The van der Waals surface area contributed by atoms with E-state index in [9.17, 15) is 14.4 Å². The number of hydrogen-bond acceptors (Lipinski definition) is 7. The van der Waals surface area contributed by atoms with Crippen LogP contribution in [0.15, 0.2) is 47.8 Å². The van der Waals surface area contributed by atoms with Crippen LogP contribution in [0.2, 0.25) is 10.0 Å². The number of halogens is 2. The van der Waals surface area contributed by atoms with E-state index in [0.29, 0.717) is 64.1 Å². The van der Waals surface area contributed by atoms with E-state index in [1.165, 1.54) is 24.2 Å². The van der Waals surface area contributed by atoms with Gasteiger partial charge < -0.3 is 24.5 Å². The van der Waals surface area contributed by atoms with Crippen LogP contribution >= 0.6 is 34.5 Å². The van der Waals surface area contributed by atoms with E-state index in [-0.39, 0.29) is 24.8 Å². The summed E-state index contributed by atoms with van der Waals surface area (Å²) in [5.41, 5.74) is 2.70. The number of carboxylic acid groups (broad SMARTS) is 1. The number of likely N-dealkylation sites (N-methyl/N-ethyl adjacent to an activating group) is 2. The fourth-order valence-electron chi connectivity index (χ4n) is 5.16. The molecule has 5 rings (SSSR count). The lowest BCUT2D eigenvalue weighted by Crippen LogP contribution is -2.44. The summed E-state index contributed by atoms with van der Waals surface area (Å²) < 4.78 is 6.15. The van der Waals surface area contributed by atoms with Gasteiger partial charge in [0.05, 0.1) is 22.9 Å². The molecule has 228 valence electrons. The zero-order valence-corrected chi connectivity index (χ0v) is 26.4. The Morgan fingerprint density at radius 1 is 1.00 bits per heavy atom. The molecule has 3 aromatic rings. The van der Waals surface area contributed by atoms with Crippen molar-refractivity contribution in [1.82, 2.24) is 9.80 Å². The number of carbonyl (C=O) groups is 3. The quantitative estimate of drug-likeness (QED) is 0.263. The molecule has 1 aromatic heterocycles. The second-order valence-electron chi connectivity index (χ2n) is 10.9. The molecule has 1 aliphatic heterocycles. The molecule has 0 bridgehead atoms. The minimum Gasteiger partial charge on any atom is -0.480 e. The Bertz CT molecular complexity index is 1510. The molecule has 0 unspecified atom stereocenters. The van der Waals surface area contributed by atoms with Gasteiger partial charge in [-0.3, -0.25) is 19.3 Å². The number of hydrogen-bond donors (Lipinski definition) is 1. The molecule has 2 aliphatic rings. The number of aryl methyl sites for hydroxylation is 1. The number of para-hydroxylation sites is 2. The van der Waals surface area contributed by atoms with Crippen LogP contribution in [-0.2, 0) is 16.0 Å². The highest BCUT2D eigenvalue weighted by Gasteiger charge is 2.36. The first-order valence-electron chi connectivity index (χ1n) is 14.2. The lowest BCUT2D eigenvalue weighted by Gasteiger charge is -2.37. The van der Waals surface area contributed by atoms with Crippen molar-refractivity contribution in [1.29, 1.82) is 0 Å². The van der Waals surface area contributed by atoms with E-state index < -0.39 is 5.97 Å². The first-order chi connectivity index (χ1) is 20.6. The molecular weight excluding hydrogens is 611 g/mol. The maximum absolute atomic E-state index is 13.8. The van der Waals surface area contributed by atoms with Crippen molar-refractivity contribution in [2.75, 3.05) is 56.6 Å². The van der Waals surface area contributed by atoms with Crippen LogP contribution < -0.4 is 14.5 Å². The van der Waals surface area contributed by atoms with Crippen LogP contribution in [0.4, 0.5) is 11.4 Å². The Kier molecular flexibility index (Phi) is 9.81. The minimum absolute atomic E-state index is 0.0859. The van der Waals surface area contributed by atoms with Crippen LogP contribution in [0.25, 0.3) is 0 Å². The number of amides is 2. The summed E-state index contributed by atoms with van der Waals surface area (Å²) in [5.74, 6) is -0.384. The standard InChI is InChI=1S/C31H34Cl2N4O5S/c1-34(19-29(39)40)12-13-35(2)28(38)10-7-20-17-23(33)27(18-22(20)32)42-26-11-16-43-30(26)31(41)37-15-14-36(21-8-9-21)24-5-3-4-6-25(24)37/h3-6,11,16-18,21H,7-10,12-15,19H2,1-2H3,(H,39,40). The van der Waals surface area contributed by atoms with Crippen LogP contribution in [0.5, 0.6) is 11.5 Å². The molecule has 0 radical (unpaired) electrons. The molecule has 43 heavy (non-hydrogen) atoms. The van der Waals surface area contributed by atoms with Crippen LogP contribution in [0.1, 0.15) is 34.5 Å². The van der Waals surface area contributed by atoms with Gasteiger partial charge in [0.15, 0.2) is 5.75 Å². The van der Waals surface area contributed by atoms with Gasteiger partial charge in [0.25, 0.3) is 5.91 Å². The van der Waals surface area contributed by atoms with Crippen molar-refractivity contribution in [3.63, 3.8) is 0 Å². The van der Waals surface area contributed by atoms with Gasteiger partial charge in [-0.1, -0.05) is 35.3 Å². The molecule has 12 heteroatoms. The zero-order chi connectivity index (χ0) is 30.7. The van der Waals surface area contributed by atoms with E-state index in [1.54, 1.807) is 42.1 Å². The Morgan fingerprint density at radius 3 is 2.47 bits per heavy atom. The number of ether oxygens (including phenoxy) is 1. The van der Waals surface area contributed by atoms with Gasteiger partial charge in [-0.15, -0.1) is 11.3 Å². The number of carboxylic acids is 1. The second kappa shape index (κ2) is 13.5. The van der Waals surface area contributed by atoms with E-state index in [2.05, 4.69) is 11.0 Å². The largest absolute Gasteiger partial charge is 0.480 e. The number of fused-ring (bicyclic) bond motifs is 1. The predicted octanol–water partition coefficient (Wildman–Crippen LogP) is 5.88. The highest BCUT2D eigenvalue weighted by Crippen LogP contribution is 2.42. The molecule has 2 heterocycles. The molecule has 0 spiro atoms. The summed E-state index contributed by atoms with van der Waals surface area (Å²) >= 11 is 14.5. The van der Waals surface area contributed by atoms with Crippen LogP contribution in [0, 0.1) is 0 Å². The maximum atomic E-state index is 13.8. The molecule has 1 saturated carbocycles. The molecule has 1 aliphatic carbocycles. The molecule has 0 saturated heterocycles. The van der Waals surface area contributed by atoms with Crippen molar-refractivity contribution < 1.29 is 24.2 Å². The van der Waals surface area contributed by atoms with Crippen molar-refractivity contribution >= 4 is 63.7 Å². The fraction of sp³-hybridized carbons (Fsp3) is 0.387. The minimum atomic E-state index is -0.912. The summed E-state index contributed by atoms with van der Waals surface area (Å²) in [6, 6.07) is 13.7. The van der Waals surface area contributed by atoms with Crippen molar-refractivity contribution in [3.05, 3.63) is 68.3 Å². The third kappa shape index (κ3) is 7.44. The van der Waals surface area contributed by atoms with Gasteiger partial charge >= 0.3 is 5.97 Å². The average molecular weight is 646 g/mol. The summed E-state index contributed by atoms with van der Waals surface area (Å²) in [6.07, 6.45) is 2.97. The summed E-state index contributed by atoms with van der Waals surface area (Å²) in [4.78, 5) is 45.2. The van der Waals surface area contributed by atoms with Crippen LogP contribution in [0.3, 0.4) is 0 Å². The summed E-state index contributed by atoms with van der Waals surface area (Å²) in [5, 5.41) is 11.4. The molecule has 1 N–H and O–H groups in total. The van der Waals surface area contributed by atoms with Gasteiger partial charge in [0.2, 0.25) is 5.91 Å². The summed E-state index contributed by atoms with van der Waals surface area (Å²) in [7, 11) is 3.38. The van der Waals surface area contributed by atoms with Crippen molar-refractivity contribution in [2.45, 2.75) is 31.7 Å². The topological polar surface area (TPSA) is 93.6 Å². The van der Waals surface area contributed by atoms with Gasteiger partial charge in [0, 0.05) is 56.8 Å². The molecule has 9 nitrogen and oxygen atoms in total. The highest BCUT2D eigenvalue weighted by atomic mass is 35.5. The second-order valence-corrected chi connectivity index (χ2v) is 12.6. The third-order valence-electron chi connectivity index (χ3n) is 7.68. The number of carbonyl (C=O) groups excluding carboxylic acids is 2. The first-order valence-corrected chi connectivity index (χ1v) is 15.8. The first kappa shape index (κ1) is 31.1. The van der Waals surface area contributed by atoms with E-state index >= 15 is 0 Å². The van der Waals surface area contributed by atoms with Gasteiger partial charge in [-0.2, -0.15) is 0 Å². The Hall–Kier alpha value is -3.31. The zero-order valence-electron chi connectivity index (χ0n) is 24.1. The Balaban J connectivity index is 1.23. The maximum Gasteiger partial charge on any atom is 0.317 e. The number of benzene rings is 2. The van der Waals surface area contributed by atoms with E-state index in [1.807, 2.05) is 28.5 Å². The molecular formula is C31H34Cl2N4O5S. The van der Waals surface area contributed by atoms with Crippen molar-refractivity contribution in [3.8, 4) is 11.5 Å². The smallest absolute Gasteiger partial charge is 0.317 e. The lowest BCUT2D eigenvalue weighted by atomic mass is 10.1. The Morgan fingerprint density at radius 2 is 1.74 bits per heavy atom. The third-order valence-corrected chi connectivity index (χ3v) is 9.21. The fourth-order valence-corrected chi connectivity index (χ4v) is 6.40. The monoisotopic (exact) mass is 644 g/mol. The van der Waals surface area contributed by atoms with Crippen molar-refractivity contribution in [2.24, 2.45) is 0 Å². The van der Waals surface area contributed by atoms with E-state index in [0.717, 1.165) is 17.9 Å². The average Bonchev–Trinajstić information content (AvgIpc) is 3.72. The van der Waals surface area contributed by atoms with E-state index in [4.69, 9.17) is 33.0 Å². The molecule has 2 aromatic carbocycles. The molecule has 0 atom stereocenters.